The van der Waals surface area contributed by atoms with E-state index in [1.165, 1.54) is 11.8 Å². The van der Waals surface area contributed by atoms with Crippen molar-refractivity contribution in [3.05, 3.63) is 28.2 Å². The highest BCUT2D eigenvalue weighted by Crippen LogP contribution is 2.12. The van der Waals surface area contributed by atoms with Gasteiger partial charge in [0.25, 0.3) is 0 Å². The monoisotopic (exact) mass is 338 g/mol. The van der Waals surface area contributed by atoms with Crippen molar-refractivity contribution in [3.8, 4) is 0 Å². The molecule has 0 aliphatic rings. The molecule has 0 aliphatic heterocycles. The summed E-state index contributed by atoms with van der Waals surface area (Å²) in [5, 5.41) is 4.87. The van der Waals surface area contributed by atoms with E-state index < -0.39 is 0 Å². The van der Waals surface area contributed by atoms with Crippen LogP contribution in [0.4, 0.5) is 11.9 Å². The first kappa shape index (κ1) is 16.5. The number of rotatable bonds is 7. The maximum absolute atomic E-state index is 11.8. The van der Waals surface area contributed by atoms with Gasteiger partial charge in [0.1, 0.15) is 5.82 Å². The zero-order valence-corrected chi connectivity index (χ0v) is 14.1. The van der Waals surface area contributed by atoms with Gasteiger partial charge in [-0.25, -0.2) is 0 Å². The van der Waals surface area contributed by atoms with Gasteiger partial charge in [0, 0.05) is 19.0 Å². The standard InChI is InChI=1S/C13H18N6OS2/c1-19(2)13-17-10(16-12(14)18-13)7-21-8-11(20)15-6-9-4-3-5-22-9/h3-5H,6-8H2,1-2H3,(H,15,20)(H2,14,16,17,18). The maximum Gasteiger partial charge on any atom is 0.230 e. The first-order chi connectivity index (χ1) is 10.5. The zero-order chi connectivity index (χ0) is 15.9. The van der Waals surface area contributed by atoms with Crippen molar-refractivity contribution >= 4 is 40.9 Å². The lowest BCUT2D eigenvalue weighted by Crippen LogP contribution is -2.24. The largest absolute Gasteiger partial charge is 0.368 e. The van der Waals surface area contributed by atoms with Gasteiger partial charge in [0.15, 0.2) is 0 Å². The Kier molecular flexibility index (Phi) is 5.96. The third-order valence-electron chi connectivity index (χ3n) is 2.59. The third-order valence-corrected chi connectivity index (χ3v) is 4.40. The number of hydrogen-bond acceptors (Lipinski definition) is 8. The number of nitrogens with one attached hydrogen (secondary N) is 1. The highest BCUT2D eigenvalue weighted by atomic mass is 32.2. The molecule has 3 N–H and O–H groups in total. The fraction of sp³-hybridized carbons (Fsp3) is 0.385. The lowest BCUT2D eigenvalue weighted by molar-refractivity contribution is -0.118. The van der Waals surface area contributed by atoms with Gasteiger partial charge < -0.3 is 16.0 Å². The Balaban J connectivity index is 1.77. The first-order valence-corrected chi connectivity index (χ1v) is 8.62. The Hall–Kier alpha value is -1.87. The molecule has 0 fully saturated rings. The Bertz CT molecular complexity index is 617. The maximum atomic E-state index is 11.8. The van der Waals surface area contributed by atoms with E-state index in [9.17, 15) is 4.79 Å². The lowest BCUT2D eigenvalue weighted by Gasteiger charge is -2.11. The van der Waals surface area contributed by atoms with Gasteiger partial charge in [0.2, 0.25) is 17.8 Å². The van der Waals surface area contributed by atoms with Crippen LogP contribution in [0.15, 0.2) is 17.5 Å². The molecule has 0 saturated carbocycles. The molecule has 118 valence electrons. The average molecular weight is 338 g/mol. The Morgan fingerprint density at radius 2 is 2.23 bits per heavy atom. The van der Waals surface area contributed by atoms with Crippen LogP contribution in [-0.4, -0.2) is 40.7 Å². The van der Waals surface area contributed by atoms with Crippen molar-refractivity contribution in [2.45, 2.75) is 12.3 Å². The molecule has 0 radical (unpaired) electrons. The van der Waals surface area contributed by atoms with Crippen LogP contribution < -0.4 is 16.0 Å². The summed E-state index contributed by atoms with van der Waals surface area (Å²) in [6.45, 7) is 0.570. The number of nitrogens with two attached hydrogens (primary N) is 1. The molecule has 0 bridgehead atoms. The summed E-state index contributed by atoms with van der Waals surface area (Å²) in [4.78, 5) is 27.1. The van der Waals surface area contributed by atoms with Gasteiger partial charge in [-0.3, -0.25) is 4.79 Å². The van der Waals surface area contributed by atoms with Gasteiger partial charge in [0.05, 0.1) is 18.1 Å². The summed E-state index contributed by atoms with van der Waals surface area (Å²) >= 11 is 3.07. The summed E-state index contributed by atoms with van der Waals surface area (Å²) in [6, 6.07) is 3.96. The van der Waals surface area contributed by atoms with Crippen LogP contribution >= 0.6 is 23.1 Å². The van der Waals surface area contributed by atoms with Gasteiger partial charge in [-0.15, -0.1) is 23.1 Å². The van der Waals surface area contributed by atoms with Gasteiger partial charge >= 0.3 is 0 Å². The molecule has 0 aliphatic carbocycles. The topological polar surface area (TPSA) is 97.0 Å². The van der Waals surface area contributed by atoms with Crippen LogP contribution in [0.5, 0.6) is 0 Å². The van der Waals surface area contributed by atoms with E-state index in [1.807, 2.05) is 31.6 Å². The highest BCUT2D eigenvalue weighted by Gasteiger charge is 2.08. The minimum atomic E-state index is -0.00624. The van der Waals surface area contributed by atoms with Gasteiger partial charge in [-0.1, -0.05) is 6.07 Å². The molecule has 9 heteroatoms. The molecule has 0 aromatic carbocycles. The summed E-state index contributed by atoms with van der Waals surface area (Å²) in [7, 11) is 3.67. The van der Waals surface area contributed by atoms with E-state index in [4.69, 9.17) is 5.73 Å². The Morgan fingerprint density at radius 3 is 2.91 bits per heavy atom. The van der Waals surface area contributed by atoms with Crippen LogP contribution in [0.25, 0.3) is 0 Å². The number of amides is 1. The summed E-state index contributed by atoms with van der Waals surface area (Å²) in [6.07, 6.45) is 0. The predicted molar refractivity (Wildman–Crippen MR) is 90.9 cm³/mol. The van der Waals surface area contributed by atoms with Crippen LogP contribution in [0.3, 0.4) is 0 Å². The van der Waals surface area contributed by atoms with Crippen molar-refractivity contribution in [3.63, 3.8) is 0 Å². The second kappa shape index (κ2) is 7.95. The lowest BCUT2D eigenvalue weighted by atomic mass is 10.4. The van der Waals surface area contributed by atoms with Gasteiger partial charge in [-0.05, 0) is 11.4 Å². The number of hydrogen-bond donors (Lipinski definition) is 2. The summed E-state index contributed by atoms with van der Waals surface area (Å²) in [5.41, 5.74) is 5.65. The van der Waals surface area contributed by atoms with E-state index in [2.05, 4.69) is 20.3 Å². The normalized spacial score (nSPS) is 10.5. The number of carbonyl (C=O) groups excluding carboxylic acids is 1. The number of carbonyl (C=O) groups is 1. The molecule has 0 saturated heterocycles. The van der Waals surface area contributed by atoms with Crippen molar-refractivity contribution in [2.75, 3.05) is 30.5 Å². The SMILES string of the molecule is CN(C)c1nc(N)nc(CSCC(=O)NCc2cccs2)n1. The highest BCUT2D eigenvalue weighted by molar-refractivity contribution is 7.99. The minimum Gasteiger partial charge on any atom is -0.368 e. The smallest absolute Gasteiger partial charge is 0.230 e. The molecule has 7 nitrogen and oxygen atoms in total. The molecule has 0 atom stereocenters. The zero-order valence-electron chi connectivity index (χ0n) is 12.4. The van der Waals surface area contributed by atoms with Crippen molar-refractivity contribution in [2.24, 2.45) is 0 Å². The first-order valence-electron chi connectivity index (χ1n) is 6.59. The quantitative estimate of drug-likeness (QED) is 0.781. The van der Waals surface area contributed by atoms with Crippen molar-refractivity contribution in [1.29, 1.82) is 0 Å². The van der Waals surface area contributed by atoms with Crippen LogP contribution in [0.1, 0.15) is 10.7 Å². The second-order valence-electron chi connectivity index (χ2n) is 4.65. The number of aromatic nitrogens is 3. The van der Waals surface area contributed by atoms with E-state index in [0.717, 1.165) is 4.88 Å². The summed E-state index contributed by atoms with van der Waals surface area (Å²) < 4.78 is 0. The molecule has 2 aromatic heterocycles. The predicted octanol–water partition coefficient (Wildman–Crippen LogP) is 1.13. The van der Waals surface area contributed by atoms with E-state index >= 15 is 0 Å². The second-order valence-corrected chi connectivity index (χ2v) is 6.67. The van der Waals surface area contributed by atoms with Crippen molar-refractivity contribution < 1.29 is 4.79 Å². The number of thioether (sulfide) groups is 1. The average Bonchev–Trinajstić information content (AvgIpc) is 2.98. The minimum absolute atomic E-state index is 0.00624. The van der Waals surface area contributed by atoms with E-state index in [-0.39, 0.29) is 11.9 Å². The summed E-state index contributed by atoms with van der Waals surface area (Å²) in [5.74, 6) is 2.15. The number of anilines is 2. The number of thiophene rings is 1. The molecular weight excluding hydrogens is 320 g/mol. The Labute approximate surface area is 137 Å². The van der Waals surface area contributed by atoms with E-state index in [0.29, 0.717) is 29.8 Å². The van der Waals surface area contributed by atoms with Gasteiger partial charge in [-0.2, -0.15) is 15.0 Å². The number of nitrogens with zero attached hydrogens (tertiary/aromatic N) is 4. The number of nitrogen functional groups attached to an aromatic ring is 1. The van der Waals surface area contributed by atoms with E-state index in [1.54, 1.807) is 16.2 Å². The fourth-order valence-electron chi connectivity index (χ4n) is 1.57. The molecule has 22 heavy (non-hydrogen) atoms. The fourth-order valence-corrected chi connectivity index (χ4v) is 2.92. The van der Waals surface area contributed by atoms with Crippen LogP contribution in [0, 0.1) is 0 Å². The van der Waals surface area contributed by atoms with Crippen LogP contribution in [0.2, 0.25) is 0 Å². The molecule has 2 aromatic rings. The molecular formula is C13H18N6OS2. The Morgan fingerprint density at radius 1 is 1.41 bits per heavy atom. The molecule has 0 spiro atoms. The molecule has 1 amide bonds. The van der Waals surface area contributed by atoms with Crippen LogP contribution in [-0.2, 0) is 17.1 Å². The molecule has 0 unspecified atom stereocenters. The molecule has 2 heterocycles. The third kappa shape index (κ3) is 5.15. The molecule has 2 rings (SSSR count). The van der Waals surface area contributed by atoms with Crippen molar-refractivity contribution in [1.82, 2.24) is 20.3 Å².